The van der Waals surface area contributed by atoms with E-state index in [1.807, 2.05) is 30.3 Å². The van der Waals surface area contributed by atoms with Crippen LogP contribution in [0.2, 0.25) is 0 Å². The van der Waals surface area contributed by atoms with Gasteiger partial charge in [0.15, 0.2) is 5.96 Å². The summed E-state index contributed by atoms with van der Waals surface area (Å²) >= 11 is 0. The summed E-state index contributed by atoms with van der Waals surface area (Å²) in [7, 11) is 1.63. The molecule has 0 aliphatic rings. The second-order valence-electron chi connectivity index (χ2n) is 5.02. The van der Waals surface area contributed by atoms with E-state index in [0.29, 0.717) is 5.69 Å². The quantitative estimate of drug-likeness (QED) is 0.426. The number of aromatic amines is 1. The van der Waals surface area contributed by atoms with Crippen LogP contribution in [-0.4, -0.2) is 29.0 Å². The van der Waals surface area contributed by atoms with Crippen LogP contribution in [0.1, 0.15) is 0 Å². The lowest BCUT2D eigenvalue weighted by Gasteiger charge is -1.99. The van der Waals surface area contributed by atoms with Crippen molar-refractivity contribution in [3.63, 3.8) is 0 Å². The molecule has 0 atom stereocenters. The molecule has 0 saturated heterocycles. The van der Waals surface area contributed by atoms with Crippen molar-refractivity contribution in [1.29, 1.82) is 0 Å². The number of rotatable bonds is 3. The molecule has 0 spiro atoms. The van der Waals surface area contributed by atoms with Crippen molar-refractivity contribution in [2.45, 2.75) is 0 Å². The fourth-order valence-corrected chi connectivity index (χ4v) is 2.24. The van der Waals surface area contributed by atoms with Crippen LogP contribution in [-0.2, 0) is 0 Å². The maximum atomic E-state index is 5.61. The fourth-order valence-electron chi connectivity index (χ4n) is 2.24. The standard InChI is InChI=1S/C16H17N7O/c1-24-11-6-7-12-13(8-11)22-14(21-12)9-2-4-10(5-3-9)20-16(19)23-15(17)18/h2-8H,1H3,(H,21,22)(H6,17,18,19,20,23). The van der Waals surface area contributed by atoms with Gasteiger partial charge in [-0.1, -0.05) is 0 Å². The van der Waals surface area contributed by atoms with E-state index < -0.39 is 0 Å². The number of aliphatic imine (C=N–C) groups is 2. The lowest BCUT2D eigenvalue weighted by Crippen LogP contribution is -2.26. The Balaban J connectivity index is 1.89. The third-order valence-electron chi connectivity index (χ3n) is 3.32. The molecule has 24 heavy (non-hydrogen) atoms. The SMILES string of the molecule is COc1ccc2nc(-c3ccc(N=C(N)N=C(N)N)cc3)[nH]c2c1. The molecule has 2 aromatic carbocycles. The number of guanidine groups is 2. The highest BCUT2D eigenvalue weighted by molar-refractivity contribution is 5.93. The van der Waals surface area contributed by atoms with Gasteiger partial charge in [0.1, 0.15) is 11.6 Å². The first-order chi connectivity index (χ1) is 11.5. The number of benzene rings is 2. The lowest BCUT2D eigenvalue weighted by atomic mass is 10.2. The average Bonchev–Trinajstić information content (AvgIpc) is 2.97. The number of aromatic nitrogens is 2. The Morgan fingerprint density at radius 1 is 1.08 bits per heavy atom. The number of hydrogen-bond donors (Lipinski definition) is 4. The zero-order valence-corrected chi connectivity index (χ0v) is 13.0. The Kier molecular flexibility index (Phi) is 4.02. The van der Waals surface area contributed by atoms with Gasteiger partial charge in [-0.05, 0) is 36.4 Å². The van der Waals surface area contributed by atoms with E-state index in [4.69, 9.17) is 21.9 Å². The first-order valence-corrected chi connectivity index (χ1v) is 7.13. The molecule has 7 N–H and O–H groups in total. The molecule has 3 aromatic rings. The predicted molar refractivity (Wildman–Crippen MR) is 95.2 cm³/mol. The topological polar surface area (TPSA) is 141 Å². The van der Waals surface area contributed by atoms with Gasteiger partial charge in [-0.25, -0.2) is 9.98 Å². The zero-order chi connectivity index (χ0) is 17.1. The monoisotopic (exact) mass is 323 g/mol. The normalized spacial score (nSPS) is 11.5. The summed E-state index contributed by atoms with van der Waals surface area (Å²) in [5.74, 6) is 1.40. The molecule has 1 aromatic heterocycles. The summed E-state index contributed by atoms with van der Waals surface area (Å²) in [6.45, 7) is 0. The highest BCUT2D eigenvalue weighted by Gasteiger charge is 2.06. The fraction of sp³-hybridized carbons (Fsp3) is 0.0625. The van der Waals surface area contributed by atoms with Crippen LogP contribution < -0.4 is 21.9 Å². The van der Waals surface area contributed by atoms with E-state index >= 15 is 0 Å². The average molecular weight is 323 g/mol. The third kappa shape index (κ3) is 3.27. The number of imidazole rings is 1. The van der Waals surface area contributed by atoms with Crippen LogP contribution in [0.4, 0.5) is 5.69 Å². The van der Waals surface area contributed by atoms with Crippen LogP contribution in [0.25, 0.3) is 22.4 Å². The van der Waals surface area contributed by atoms with Crippen LogP contribution >= 0.6 is 0 Å². The third-order valence-corrected chi connectivity index (χ3v) is 3.32. The molecular formula is C16H17N7O. The Hall–Kier alpha value is -3.55. The minimum Gasteiger partial charge on any atom is -0.497 e. The Labute approximate surface area is 138 Å². The second-order valence-corrected chi connectivity index (χ2v) is 5.02. The van der Waals surface area contributed by atoms with Crippen LogP contribution in [0, 0.1) is 0 Å². The van der Waals surface area contributed by atoms with Crippen molar-refractivity contribution in [2.75, 3.05) is 7.11 Å². The molecule has 0 aliphatic carbocycles. The highest BCUT2D eigenvalue weighted by atomic mass is 16.5. The summed E-state index contributed by atoms with van der Waals surface area (Å²) in [6.07, 6.45) is 0. The smallest absolute Gasteiger partial charge is 0.223 e. The molecule has 122 valence electrons. The van der Waals surface area contributed by atoms with E-state index in [1.165, 1.54) is 0 Å². The van der Waals surface area contributed by atoms with Gasteiger partial charge in [0, 0.05) is 11.6 Å². The van der Waals surface area contributed by atoms with Crippen molar-refractivity contribution in [2.24, 2.45) is 27.2 Å². The molecule has 0 bridgehead atoms. The van der Waals surface area contributed by atoms with Gasteiger partial charge in [0.2, 0.25) is 5.96 Å². The van der Waals surface area contributed by atoms with Crippen molar-refractivity contribution in [3.05, 3.63) is 42.5 Å². The maximum Gasteiger partial charge on any atom is 0.223 e. The van der Waals surface area contributed by atoms with Gasteiger partial charge in [-0.15, -0.1) is 0 Å². The molecule has 0 unspecified atom stereocenters. The van der Waals surface area contributed by atoms with Gasteiger partial charge >= 0.3 is 0 Å². The molecule has 0 radical (unpaired) electrons. The van der Waals surface area contributed by atoms with E-state index in [2.05, 4.69) is 20.0 Å². The largest absolute Gasteiger partial charge is 0.497 e. The van der Waals surface area contributed by atoms with Gasteiger partial charge in [-0.3, -0.25) is 0 Å². The summed E-state index contributed by atoms with van der Waals surface area (Å²) < 4.78 is 5.21. The molecular weight excluding hydrogens is 306 g/mol. The van der Waals surface area contributed by atoms with Crippen molar-refractivity contribution < 1.29 is 4.74 Å². The zero-order valence-electron chi connectivity index (χ0n) is 13.0. The lowest BCUT2D eigenvalue weighted by molar-refractivity contribution is 0.415. The Bertz CT molecular complexity index is 921. The van der Waals surface area contributed by atoms with Crippen LogP contribution in [0.15, 0.2) is 52.4 Å². The predicted octanol–water partition coefficient (Wildman–Crippen LogP) is 1.46. The number of nitrogens with one attached hydrogen (secondary N) is 1. The summed E-state index contributed by atoms with van der Waals surface area (Å²) in [6, 6.07) is 13.1. The Morgan fingerprint density at radius 3 is 2.50 bits per heavy atom. The summed E-state index contributed by atoms with van der Waals surface area (Å²) in [5.41, 5.74) is 19.4. The first kappa shape index (κ1) is 15.3. The number of hydrogen-bond acceptors (Lipinski definition) is 3. The molecule has 0 fully saturated rings. The van der Waals surface area contributed by atoms with Gasteiger partial charge in [0.25, 0.3) is 0 Å². The minimum atomic E-state index is -0.134. The van der Waals surface area contributed by atoms with Crippen molar-refractivity contribution in [3.8, 4) is 17.1 Å². The molecule has 3 rings (SSSR count). The van der Waals surface area contributed by atoms with Gasteiger partial charge in [0.05, 0.1) is 23.8 Å². The molecule has 0 amide bonds. The number of nitrogens with zero attached hydrogens (tertiary/aromatic N) is 3. The highest BCUT2D eigenvalue weighted by Crippen LogP contribution is 2.25. The van der Waals surface area contributed by atoms with Crippen LogP contribution in [0.5, 0.6) is 5.75 Å². The van der Waals surface area contributed by atoms with E-state index in [0.717, 1.165) is 28.2 Å². The van der Waals surface area contributed by atoms with E-state index in [1.54, 1.807) is 19.2 Å². The van der Waals surface area contributed by atoms with Gasteiger partial charge < -0.3 is 26.9 Å². The molecule has 8 nitrogen and oxygen atoms in total. The van der Waals surface area contributed by atoms with Crippen LogP contribution in [0.3, 0.4) is 0 Å². The summed E-state index contributed by atoms with van der Waals surface area (Å²) in [4.78, 5) is 15.6. The van der Waals surface area contributed by atoms with Crippen molar-refractivity contribution in [1.82, 2.24) is 9.97 Å². The maximum absolute atomic E-state index is 5.61. The molecule has 8 heteroatoms. The number of nitrogens with two attached hydrogens (primary N) is 3. The number of ether oxygens (including phenoxy) is 1. The molecule has 0 saturated carbocycles. The first-order valence-electron chi connectivity index (χ1n) is 7.13. The van der Waals surface area contributed by atoms with E-state index in [-0.39, 0.29) is 11.9 Å². The van der Waals surface area contributed by atoms with E-state index in [9.17, 15) is 0 Å². The Morgan fingerprint density at radius 2 is 1.83 bits per heavy atom. The molecule has 0 aliphatic heterocycles. The minimum absolute atomic E-state index is 0.00131. The van der Waals surface area contributed by atoms with Gasteiger partial charge in [-0.2, -0.15) is 4.99 Å². The molecule has 1 heterocycles. The number of fused-ring (bicyclic) bond motifs is 1. The summed E-state index contributed by atoms with van der Waals surface area (Å²) in [5, 5.41) is 0. The number of H-pyrrole nitrogens is 1. The van der Waals surface area contributed by atoms with Crippen molar-refractivity contribution >= 4 is 28.6 Å². The second kappa shape index (κ2) is 6.29. The number of methoxy groups -OCH3 is 1.